The van der Waals surface area contributed by atoms with Gasteiger partial charge in [-0.15, -0.1) is 10.2 Å². The number of nitrogens with zero attached hydrogens (tertiary/aromatic N) is 3. The number of ether oxygens (including phenoxy) is 2. The van der Waals surface area contributed by atoms with E-state index in [1.807, 2.05) is 41.9 Å². The van der Waals surface area contributed by atoms with Gasteiger partial charge in [0.1, 0.15) is 18.1 Å². The molecule has 0 saturated heterocycles. The third-order valence-electron chi connectivity index (χ3n) is 4.70. The molecular formula is C23H28N4O3S. The van der Waals surface area contributed by atoms with Crippen LogP contribution in [-0.4, -0.2) is 33.5 Å². The van der Waals surface area contributed by atoms with Gasteiger partial charge in [0.2, 0.25) is 5.91 Å². The van der Waals surface area contributed by atoms with Crippen molar-refractivity contribution < 1.29 is 14.3 Å². The normalized spacial score (nSPS) is 11.3. The molecule has 0 aliphatic heterocycles. The molecule has 2 aromatic carbocycles. The van der Waals surface area contributed by atoms with Crippen LogP contribution in [0.1, 0.15) is 32.2 Å². The fourth-order valence-corrected chi connectivity index (χ4v) is 3.55. The largest absolute Gasteiger partial charge is 0.497 e. The van der Waals surface area contributed by atoms with Gasteiger partial charge in [0, 0.05) is 18.8 Å². The molecule has 0 bridgehead atoms. The molecule has 0 aliphatic carbocycles. The molecule has 0 saturated carbocycles. The van der Waals surface area contributed by atoms with Crippen LogP contribution in [0, 0.1) is 0 Å². The van der Waals surface area contributed by atoms with E-state index in [1.54, 1.807) is 13.2 Å². The second kappa shape index (κ2) is 9.87. The maximum atomic E-state index is 12.3. The van der Waals surface area contributed by atoms with E-state index >= 15 is 0 Å². The number of methoxy groups -OCH3 is 1. The fourth-order valence-electron chi connectivity index (χ4n) is 2.82. The number of hydrogen-bond acceptors (Lipinski definition) is 6. The average molecular weight is 441 g/mol. The van der Waals surface area contributed by atoms with Crippen molar-refractivity contribution in [1.82, 2.24) is 14.8 Å². The van der Waals surface area contributed by atoms with Crippen LogP contribution in [0.25, 0.3) is 0 Å². The standard InChI is InChI=1S/C23H28N4O3S/c1-23(2,3)16-9-11-18(12-10-16)30-14-20-25-26-22(27(20)4)31-15-21(28)24-17-7-6-8-19(13-17)29-5/h6-13H,14-15H2,1-5H3,(H,24,28). The van der Waals surface area contributed by atoms with Crippen molar-refractivity contribution >= 4 is 23.4 Å². The van der Waals surface area contributed by atoms with E-state index in [0.717, 1.165) is 5.75 Å². The predicted molar refractivity (Wildman–Crippen MR) is 123 cm³/mol. The summed E-state index contributed by atoms with van der Waals surface area (Å²) in [5, 5.41) is 11.9. The molecule has 0 atom stereocenters. The first-order chi connectivity index (χ1) is 14.8. The lowest BCUT2D eigenvalue weighted by Crippen LogP contribution is -2.14. The molecule has 1 aromatic heterocycles. The molecule has 0 radical (unpaired) electrons. The van der Waals surface area contributed by atoms with Gasteiger partial charge in [-0.3, -0.25) is 4.79 Å². The van der Waals surface area contributed by atoms with E-state index in [4.69, 9.17) is 9.47 Å². The smallest absolute Gasteiger partial charge is 0.234 e. The average Bonchev–Trinajstić information content (AvgIpc) is 3.10. The number of carbonyl (C=O) groups is 1. The molecule has 0 aliphatic rings. The summed E-state index contributed by atoms with van der Waals surface area (Å²) >= 11 is 1.32. The van der Waals surface area contributed by atoms with Crippen molar-refractivity contribution in [2.45, 2.75) is 37.9 Å². The molecule has 0 fully saturated rings. The number of benzene rings is 2. The first kappa shape index (κ1) is 22.7. The third-order valence-corrected chi connectivity index (χ3v) is 5.72. The van der Waals surface area contributed by atoms with Crippen molar-refractivity contribution in [3.05, 3.63) is 59.9 Å². The quantitative estimate of drug-likeness (QED) is 0.522. The number of amides is 1. The Hall–Kier alpha value is -3.00. The molecule has 0 spiro atoms. The fraction of sp³-hybridized carbons (Fsp3) is 0.348. The zero-order valence-corrected chi connectivity index (χ0v) is 19.3. The lowest BCUT2D eigenvalue weighted by molar-refractivity contribution is -0.113. The van der Waals surface area contributed by atoms with Crippen LogP contribution in [0.5, 0.6) is 11.5 Å². The van der Waals surface area contributed by atoms with E-state index in [9.17, 15) is 4.79 Å². The predicted octanol–water partition coefficient (Wildman–Crippen LogP) is 4.43. The minimum atomic E-state index is -0.127. The lowest BCUT2D eigenvalue weighted by Gasteiger charge is -2.19. The Bertz CT molecular complexity index is 1030. The van der Waals surface area contributed by atoms with Crippen molar-refractivity contribution in [2.24, 2.45) is 7.05 Å². The van der Waals surface area contributed by atoms with E-state index in [2.05, 4.69) is 48.4 Å². The minimum absolute atomic E-state index is 0.104. The summed E-state index contributed by atoms with van der Waals surface area (Å²) in [4.78, 5) is 12.3. The van der Waals surface area contributed by atoms with Crippen LogP contribution in [-0.2, 0) is 23.9 Å². The molecule has 31 heavy (non-hydrogen) atoms. The Kier molecular flexibility index (Phi) is 7.22. The van der Waals surface area contributed by atoms with Crippen LogP contribution in [0.3, 0.4) is 0 Å². The number of carbonyl (C=O) groups excluding carboxylic acids is 1. The molecule has 1 N–H and O–H groups in total. The maximum Gasteiger partial charge on any atom is 0.234 e. The molecular weight excluding hydrogens is 412 g/mol. The van der Waals surface area contributed by atoms with Crippen LogP contribution in [0.4, 0.5) is 5.69 Å². The van der Waals surface area contributed by atoms with E-state index in [-0.39, 0.29) is 17.1 Å². The molecule has 1 heterocycles. The van der Waals surface area contributed by atoms with Gasteiger partial charge in [-0.25, -0.2) is 0 Å². The van der Waals surface area contributed by atoms with Gasteiger partial charge in [-0.1, -0.05) is 50.7 Å². The monoisotopic (exact) mass is 440 g/mol. The second-order valence-electron chi connectivity index (χ2n) is 8.09. The summed E-state index contributed by atoms with van der Waals surface area (Å²) in [5.41, 5.74) is 2.05. The van der Waals surface area contributed by atoms with E-state index in [0.29, 0.717) is 29.0 Å². The van der Waals surface area contributed by atoms with Crippen LogP contribution >= 0.6 is 11.8 Å². The summed E-state index contributed by atoms with van der Waals surface area (Å²) in [6, 6.07) is 15.3. The number of hydrogen-bond donors (Lipinski definition) is 1. The summed E-state index contributed by atoms with van der Waals surface area (Å²) in [7, 11) is 3.46. The summed E-state index contributed by atoms with van der Waals surface area (Å²) in [6.45, 7) is 6.84. The zero-order valence-electron chi connectivity index (χ0n) is 18.5. The first-order valence-corrected chi connectivity index (χ1v) is 10.9. The highest BCUT2D eigenvalue weighted by molar-refractivity contribution is 7.99. The van der Waals surface area contributed by atoms with Gasteiger partial charge in [0.25, 0.3) is 0 Å². The Morgan fingerprint density at radius 3 is 2.52 bits per heavy atom. The number of aromatic nitrogens is 3. The summed E-state index contributed by atoms with van der Waals surface area (Å²) in [6.07, 6.45) is 0. The van der Waals surface area contributed by atoms with E-state index in [1.165, 1.54) is 17.3 Å². The zero-order chi connectivity index (χ0) is 22.4. The second-order valence-corrected chi connectivity index (χ2v) is 9.03. The van der Waals surface area contributed by atoms with Gasteiger partial charge < -0.3 is 19.4 Å². The van der Waals surface area contributed by atoms with E-state index < -0.39 is 0 Å². The highest BCUT2D eigenvalue weighted by atomic mass is 32.2. The maximum absolute atomic E-state index is 12.3. The number of nitrogens with one attached hydrogen (secondary N) is 1. The molecule has 3 rings (SSSR count). The SMILES string of the molecule is COc1cccc(NC(=O)CSc2nnc(COc3ccc(C(C)(C)C)cc3)n2C)c1. The van der Waals surface area contributed by atoms with Gasteiger partial charge in [-0.2, -0.15) is 0 Å². The van der Waals surface area contributed by atoms with Gasteiger partial charge >= 0.3 is 0 Å². The first-order valence-electron chi connectivity index (χ1n) is 9.94. The van der Waals surface area contributed by atoms with Crippen molar-refractivity contribution in [3.63, 3.8) is 0 Å². The van der Waals surface area contributed by atoms with Gasteiger partial charge in [0.05, 0.1) is 12.9 Å². The van der Waals surface area contributed by atoms with Gasteiger partial charge in [-0.05, 0) is 35.2 Å². The third kappa shape index (κ3) is 6.24. The molecule has 164 valence electrons. The van der Waals surface area contributed by atoms with Crippen molar-refractivity contribution in [2.75, 3.05) is 18.2 Å². The van der Waals surface area contributed by atoms with Crippen molar-refractivity contribution in [3.8, 4) is 11.5 Å². The van der Waals surface area contributed by atoms with Gasteiger partial charge in [0.15, 0.2) is 11.0 Å². The molecule has 0 unspecified atom stereocenters. The van der Waals surface area contributed by atoms with Crippen LogP contribution in [0.2, 0.25) is 0 Å². The minimum Gasteiger partial charge on any atom is -0.497 e. The number of anilines is 1. The Morgan fingerprint density at radius 2 is 1.84 bits per heavy atom. The number of thioether (sulfide) groups is 1. The molecule has 1 amide bonds. The Balaban J connectivity index is 1.52. The summed E-state index contributed by atoms with van der Waals surface area (Å²) in [5.74, 6) is 2.26. The highest BCUT2D eigenvalue weighted by Crippen LogP contribution is 2.25. The Morgan fingerprint density at radius 1 is 1.10 bits per heavy atom. The summed E-state index contributed by atoms with van der Waals surface area (Å²) < 4.78 is 12.9. The van der Waals surface area contributed by atoms with Crippen LogP contribution in [0.15, 0.2) is 53.7 Å². The highest BCUT2D eigenvalue weighted by Gasteiger charge is 2.14. The van der Waals surface area contributed by atoms with Crippen molar-refractivity contribution in [1.29, 1.82) is 0 Å². The Labute approximate surface area is 187 Å². The topological polar surface area (TPSA) is 78.3 Å². The number of rotatable bonds is 8. The lowest BCUT2D eigenvalue weighted by atomic mass is 9.87. The molecule has 7 nitrogen and oxygen atoms in total. The molecule has 3 aromatic rings. The van der Waals surface area contributed by atoms with Crippen LogP contribution < -0.4 is 14.8 Å². The molecule has 8 heteroatoms.